The van der Waals surface area contributed by atoms with E-state index in [2.05, 4.69) is 10.2 Å². The largest absolute Gasteiger partial charge is 0.325 e. The summed E-state index contributed by atoms with van der Waals surface area (Å²) in [6.07, 6.45) is 4.71. The molecular weight excluding hydrogens is 350 g/mol. The summed E-state index contributed by atoms with van der Waals surface area (Å²) < 4.78 is 27.1. The quantitative estimate of drug-likeness (QED) is 0.788. The number of nitrogens with zero attached hydrogens (tertiary/aromatic N) is 2. The van der Waals surface area contributed by atoms with E-state index in [1.165, 1.54) is 17.1 Å². The predicted octanol–water partition coefficient (Wildman–Crippen LogP) is 2.84. The van der Waals surface area contributed by atoms with Gasteiger partial charge in [-0.25, -0.2) is 8.42 Å². The Labute approximate surface area is 157 Å². The number of rotatable bonds is 7. The first kappa shape index (κ1) is 20.9. The number of benzene rings is 1. The zero-order chi connectivity index (χ0) is 19.2. The lowest BCUT2D eigenvalue weighted by molar-refractivity contribution is -0.117. The summed E-state index contributed by atoms with van der Waals surface area (Å²) in [6.45, 7) is 8.51. The molecule has 146 valence electrons. The fourth-order valence-electron chi connectivity index (χ4n) is 3.36. The number of aryl methyl sites for hydroxylation is 1. The maximum atomic E-state index is 12.8. The highest BCUT2D eigenvalue weighted by atomic mass is 32.2. The van der Waals surface area contributed by atoms with E-state index >= 15 is 0 Å². The van der Waals surface area contributed by atoms with Crippen LogP contribution in [0.5, 0.6) is 0 Å². The lowest BCUT2D eigenvalue weighted by Crippen LogP contribution is -2.34. The summed E-state index contributed by atoms with van der Waals surface area (Å²) in [5, 5.41) is 2.86. The molecule has 1 saturated heterocycles. The van der Waals surface area contributed by atoms with Crippen molar-refractivity contribution in [2.75, 3.05) is 38.0 Å². The van der Waals surface area contributed by atoms with Gasteiger partial charge >= 0.3 is 0 Å². The molecule has 26 heavy (non-hydrogen) atoms. The number of anilines is 1. The SMILES string of the molecule is CCN(CC)S(=O)(=O)c1cc(NC(=O)CN2CCCCCC2)ccc1C. The van der Waals surface area contributed by atoms with Crippen LogP contribution in [0, 0.1) is 6.92 Å². The molecule has 0 atom stereocenters. The Morgan fingerprint density at radius 2 is 1.73 bits per heavy atom. The smallest absolute Gasteiger partial charge is 0.243 e. The molecule has 0 saturated carbocycles. The Kier molecular flexibility index (Phi) is 7.61. The van der Waals surface area contributed by atoms with Crippen molar-refractivity contribution in [3.05, 3.63) is 23.8 Å². The van der Waals surface area contributed by atoms with Gasteiger partial charge in [-0.05, 0) is 50.6 Å². The Bertz CT molecular complexity index is 707. The van der Waals surface area contributed by atoms with E-state index < -0.39 is 10.0 Å². The van der Waals surface area contributed by atoms with E-state index in [4.69, 9.17) is 0 Å². The molecule has 0 aromatic heterocycles. The molecule has 0 aliphatic carbocycles. The van der Waals surface area contributed by atoms with Crippen molar-refractivity contribution < 1.29 is 13.2 Å². The van der Waals surface area contributed by atoms with Gasteiger partial charge in [0.2, 0.25) is 15.9 Å². The van der Waals surface area contributed by atoms with Gasteiger partial charge in [-0.15, -0.1) is 0 Å². The number of carbonyl (C=O) groups excluding carboxylic acids is 1. The third-order valence-electron chi connectivity index (χ3n) is 4.86. The highest BCUT2D eigenvalue weighted by molar-refractivity contribution is 7.89. The van der Waals surface area contributed by atoms with Crippen molar-refractivity contribution in [1.82, 2.24) is 9.21 Å². The van der Waals surface area contributed by atoms with Crippen LogP contribution in [0.4, 0.5) is 5.69 Å². The molecule has 2 rings (SSSR count). The second-order valence-corrected chi connectivity index (χ2v) is 8.71. The van der Waals surface area contributed by atoms with E-state index in [1.807, 2.05) is 13.8 Å². The van der Waals surface area contributed by atoms with Gasteiger partial charge in [-0.1, -0.05) is 32.8 Å². The number of sulfonamides is 1. The van der Waals surface area contributed by atoms with Crippen molar-refractivity contribution in [2.45, 2.75) is 51.3 Å². The molecule has 0 unspecified atom stereocenters. The summed E-state index contributed by atoms with van der Waals surface area (Å²) in [6, 6.07) is 5.08. The minimum atomic E-state index is -3.55. The fraction of sp³-hybridized carbons (Fsp3) is 0.632. The van der Waals surface area contributed by atoms with E-state index in [0.29, 0.717) is 30.9 Å². The molecule has 1 amide bonds. The number of carbonyl (C=O) groups is 1. The molecule has 7 heteroatoms. The van der Waals surface area contributed by atoms with E-state index in [-0.39, 0.29) is 10.8 Å². The summed E-state index contributed by atoms with van der Waals surface area (Å²) >= 11 is 0. The van der Waals surface area contributed by atoms with Gasteiger partial charge in [0.15, 0.2) is 0 Å². The van der Waals surface area contributed by atoms with Gasteiger partial charge in [0.05, 0.1) is 11.4 Å². The van der Waals surface area contributed by atoms with Gasteiger partial charge in [0, 0.05) is 18.8 Å². The Hall–Kier alpha value is -1.44. The lowest BCUT2D eigenvalue weighted by atomic mass is 10.2. The second-order valence-electron chi connectivity index (χ2n) is 6.81. The van der Waals surface area contributed by atoms with Crippen LogP contribution in [0.3, 0.4) is 0 Å². The van der Waals surface area contributed by atoms with Crippen LogP contribution in [-0.4, -0.2) is 56.3 Å². The number of hydrogen-bond acceptors (Lipinski definition) is 4. The number of amides is 1. The maximum absolute atomic E-state index is 12.8. The summed E-state index contributed by atoms with van der Waals surface area (Å²) in [4.78, 5) is 14.8. The first-order chi connectivity index (χ1) is 12.4. The van der Waals surface area contributed by atoms with Crippen molar-refractivity contribution in [1.29, 1.82) is 0 Å². The molecule has 1 aliphatic rings. The first-order valence-corrected chi connectivity index (χ1v) is 11.0. The normalized spacial score (nSPS) is 16.5. The number of nitrogens with one attached hydrogen (secondary N) is 1. The zero-order valence-corrected chi connectivity index (χ0v) is 16.9. The van der Waals surface area contributed by atoms with Crippen LogP contribution in [0.15, 0.2) is 23.1 Å². The monoisotopic (exact) mass is 381 g/mol. The minimum Gasteiger partial charge on any atom is -0.325 e. The molecule has 0 bridgehead atoms. The lowest BCUT2D eigenvalue weighted by Gasteiger charge is -2.21. The van der Waals surface area contributed by atoms with Crippen molar-refractivity contribution >= 4 is 21.6 Å². The van der Waals surface area contributed by atoms with Crippen LogP contribution in [0.2, 0.25) is 0 Å². The second kappa shape index (κ2) is 9.48. The average Bonchev–Trinajstić information content (AvgIpc) is 2.86. The molecule has 1 N–H and O–H groups in total. The van der Waals surface area contributed by atoms with Gasteiger partial charge in [-0.3, -0.25) is 9.69 Å². The molecule has 6 nitrogen and oxygen atoms in total. The van der Waals surface area contributed by atoms with Crippen molar-refractivity contribution in [2.24, 2.45) is 0 Å². The van der Waals surface area contributed by atoms with Crippen LogP contribution in [0.25, 0.3) is 0 Å². The molecule has 0 spiro atoms. The van der Waals surface area contributed by atoms with Crippen LogP contribution >= 0.6 is 0 Å². The third-order valence-corrected chi connectivity index (χ3v) is 7.05. The van der Waals surface area contributed by atoms with Gasteiger partial charge in [-0.2, -0.15) is 4.31 Å². The summed E-state index contributed by atoms with van der Waals surface area (Å²) in [7, 11) is -3.55. The standard InChI is InChI=1S/C19H31N3O3S/c1-4-22(5-2)26(24,25)18-14-17(11-10-16(18)3)20-19(23)15-21-12-8-6-7-9-13-21/h10-11,14H,4-9,12-13,15H2,1-3H3,(H,20,23). The molecule has 1 aliphatic heterocycles. The molecule has 0 radical (unpaired) electrons. The average molecular weight is 382 g/mol. The number of likely N-dealkylation sites (tertiary alicyclic amines) is 1. The summed E-state index contributed by atoms with van der Waals surface area (Å²) in [5.74, 6) is -0.0954. The van der Waals surface area contributed by atoms with Gasteiger partial charge in [0.25, 0.3) is 0 Å². The predicted molar refractivity (Wildman–Crippen MR) is 105 cm³/mol. The van der Waals surface area contributed by atoms with E-state index in [1.54, 1.807) is 25.1 Å². The van der Waals surface area contributed by atoms with E-state index in [9.17, 15) is 13.2 Å². The molecule has 1 aromatic rings. The minimum absolute atomic E-state index is 0.0954. The van der Waals surface area contributed by atoms with Gasteiger partial charge < -0.3 is 5.32 Å². The highest BCUT2D eigenvalue weighted by Gasteiger charge is 2.24. The van der Waals surface area contributed by atoms with Gasteiger partial charge in [0.1, 0.15) is 0 Å². The molecule has 1 fully saturated rings. The Morgan fingerprint density at radius 3 is 2.31 bits per heavy atom. The third kappa shape index (κ3) is 5.28. The zero-order valence-electron chi connectivity index (χ0n) is 16.1. The van der Waals surface area contributed by atoms with Crippen molar-refractivity contribution in [3.63, 3.8) is 0 Å². The van der Waals surface area contributed by atoms with Crippen LogP contribution in [-0.2, 0) is 14.8 Å². The van der Waals surface area contributed by atoms with E-state index in [0.717, 1.165) is 25.9 Å². The molecule has 1 aromatic carbocycles. The Balaban J connectivity index is 2.12. The highest BCUT2D eigenvalue weighted by Crippen LogP contribution is 2.23. The Morgan fingerprint density at radius 1 is 1.12 bits per heavy atom. The van der Waals surface area contributed by atoms with Crippen LogP contribution in [0.1, 0.15) is 45.1 Å². The first-order valence-electron chi connectivity index (χ1n) is 9.51. The molecular formula is C19H31N3O3S. The summed E-state index contributed by atoms with van der Waals surface area (Å²) in [5.41, 5.74) is 1.21. The van der Waals surface area contributed by atoms with Crippen LogP contribution < -0.4 is 5.32 Å². The number of hydrogen-bond donors (Lipinski definition) is 1. The maximum Gasteiger partial charge on any atom is 0.243 e. The topological polar surface area (TPSA) is 69.7 Å². The molecule has 1 heterocycles. The fourth-order valence-corrected chi connectivity index (χ4v) is 5.07. The van der Waals surface area contributed by atoms with Crippen molar-refractivity contribution in [3.8, 4) is 0 Å².